The zero-order valence-corrected chi connectivity index (χ0v) is 19.6. The molecule has 0 rings (SSSR count). The first-order valence-corrected chi connectivity index (χ1v) is 6.06. The Morgan fingerprint density at radius 1 is 0.611 bits per heavy atom. The molecule has 0 bridgehead atoms. The fourth-order valence-corrected chi connectivity index (χ4v) is 0. The van der Waals surface area contributed by atoms with E-state index in [-0.39, 0.29) is 42.5 Å². The molecule has 0 N–H and O–H groups in total. The van der Waals surface area contributed by atoms with Gasteiger partial charge in [-0.25, -0.2) is 0 Å². The molecule has 0 aliphatic heterocycles. The molecule has 0 aromatic carbocycles. The van der Waals surface area contributed by atoms with Gasteiger partial charge in [-0.2, -0.15) is 68.2 Å². The average molecular weight is 318 g/mol. The zero-order valence-electron chi connectivity index (χ0n) is 15.2. The first-order chi connectivity index (χ1) is 6.93. The largest absolute Gasteiger partial charge is 2.00 e. The normalized spacial score (nSPS) is 8.00. The van der Waals surface area contributed by atoms with Gasteiger partial charge in [0.1, 0.15) is 0 Å². The maximum absolute atomic E-state index is 3.64. The van der Waals surface area contributed by atoms with Crippen molar-refractivity contribution in [2.24, 2.45) is 5.92 Å². The van der Waals surface area contributed by atoms with E-state index in [1.165, 1.54) is 17.8 Å². The molecule has 0 unspecified atom stereocenters. The van der Waals surface area contributed by atoms with Crippen LogP contribution in [-0.2, 0) is 19.5 Å². The van der Waals surface area contributed by atoms with Gasteiger partial charge in [-0.15, -0.1) is 0 Å². The summed E-state index contributed by atoms with van der Waals surface area (Å²) >= 11 is 0. The Bertz CT molecular complexity index is 54.1. The van der Waals surface area contributed by atoms with Crippen LogP contribution in [0.15, 0.2) is 0 Å². The Morgan fingerprint density at radius 3 is 0.611 bits per heavy atom. The van der Waals surface area contributed by atoms with E-state index in [0.717, 1.165) is 0 Å². The minimum Gasteiger partial charge on any atom is -0.341 e. The van der Waals surface area contributed by atoms with E-state index in [2.05, 4.69) is 83.1 Å². The van der Waals surface area contributed by atoms with Crippen LogP contribution in [0.1, 0.15) is 76.2 Å². The maximum atomic E-state index is 3.64. The Kier molecular flexibility index (Phi) is 63.0. The van der Waals surface area contributed by atoms with Crippen LogP contribution in [0.4, 0.5) is 0 Å². The molecule has 0 spiro atoms. The van der Waals surface area contributed by atoms with Crippen LogP contribution < -0.4 is 0 Å². The minimum absolute atomic E-state index is 0. The average Bonchev–Trinajstić information content (AvgIpc) is 1.76. The van der Waals surface area contributed by atoms with Crippen LogP contribution in [0.5, 0.6) is 0 Å². The van der Waals surface area contributed by atoms with E-state index in [0.29, 0.717) is 5.92 Å². The van der Waals surface area contributed by atoms with Crippen LogP contribution in [0.3, 0.4) is 0 Å². The molecule has 0 atom stereocenters. The van der Waals surface area contributed by atoms with Crippen LogP contribution >= 0.6 is 0 Å². The predicted octanol–water partition coefficient (Wildman–Crippen LogP) is 5.95. The van der Waals surface area contributed by atoms with Gasteiger partial charge in [0.15, 0.2) is 0 Å². The fraction of sp³-hybridized carbons (Fsp3) is 0.750. The topological polar surface area (TPSA) is 0 Å². The third-order valence-corrected chi connectivity index (χ3v) is 0. The van der Waals surface area contributed by atoms with Crippen LogP contribution in [0.2, 0.25) is 0 Å². The van der Waals surface area contributed by atoms with E-state index in [9.17, 15) is 0 Å². The summed E-state index contributed by atoms with van der Waals surface area (Å²) in [4.78, 5) is 0. The molecular weight excluding hydrogens is 282 g/mol. The summed E-state index contributed by atoms with van der Waals surface area (Å²) in [6.45, 7) is 26.5. The van der Waals surface area contributed by atoms with Crippen LogP contribution in [0.25, 0.3) is 0 Å². The second-order valence-electron chi connectivity index (χ2n) is 5.89. The summed E-state index contributed by atoms with van der Waals surface area (Å²) in [5, 5.41) is 0. The van der Waals surface area contributed by atoms with E-state index >= 15 is 0 Å². The molecule has 18 heavy (non-hydrogen) atoms. The van der Waals surface area contributed by atoms with Crippen molar-refractivity contribution >= 4 is 23.1 Å². The van der Waals surface area contributed by atoms with Crippen molar-refractivity contribution in [2.75, 3.05) is 0 Å². The van der Waals surface area contributed by atoms with E-state index in [1.54, 1.807) is 0 Å². The van der Waals surface area contributed by atoms with Crippen molar-refractivity contribution in [3.63, 3.8) is 0 Å². The third-order valence-electron chi connectivity index (χ3n) is 0. The van der Waals surface area contributed by atoms with Crippen LogP contribution in [0, 0.1) is 30.6 Å². The van der Waals surface area contributed by atoms with Gasteiger partial charge in [0.25, 0.3) is 0 Å². The first kappa shape index (κ1) is 36.6. The number of hydrogen-bond donors (Lipinski definition) is 0. The van der Waals surface area contributed by atoms with Gasteiger partial charge in [0, 0.05) is 0 Å². The summed E-state index contributed by atoms with van der Waals surface area (Å²) in [6.07, 6.45) is 0. The maximum Gasteiger partial charge on any atom is 2.00 e. The van der Waals surface area contributed by atoms with Gasteiger partial charge in [-0.05, 0) is 0 Å². The molecule has 0 saturated heterocycles. The summed E-state index contributed by atoms with van der Waals surface area (Å²) in [7, 11) is 0. The van der Waals surface area contributed by atoms with Crippen molar-refractivity contribution < 1.29 is 19.5 Å². The number of rotatable bonds is 0. The Morgan fingerprint density at radius 2 is 0.611 bits per heavy atom. The summed E-state index contributed by atoms with van der Waals surface area (Å²) < 4.78 is 0. The van der Waals surface area contributed by atoms with E-state index in [1.807, 2.05) is 0 Å². The zero-order chi connectivity index (χ0) is 14.3. The van der Waals surface area contributed by atoms with Crippen LogP contribution in [-0.4, -0.2) is 23.1 Å². The monoisotopic (exact) mass is 316 g/mol. The Balaban J connectivity index is -0.0000000257. The molecule has 0 aliphatic carbocycles. The second kappa shape index (κ2) is 31.0. The quantitative estimate of drug-likeness (QED) is 0.382. The van der Waals surface area contributed by atoms with Crippen molar-refractivity contribution in [3.8, 4) is 0 Å². The van der Waals surface area contributed by atoms with Gasteiger partial charge in [-0.3, -0.25) is 0 Å². The molecule has 0 aromatic rings. The van der Waals surface area contributed by atoms with Crippen molar-refractivity contribution in [3.05, 3.63) is 24.7 Å². The first-order valence-electron chi connectivity index (χ1n) is 6.06. The minimum atomic E-state index is 0. The summed E-state index contributed by atoms with van der Waals surface area (Å²) in [5.41, 5.74) is 0. The fourth-order valence-electron chi connectivity index (χ4n) is 0. The number of hydrogen-bond acceptors (Lipinski definition) is 0. The molecule has 0 heterocycles. The van der Waals surface area contributed by atoms with Crippen molar-refractivity contribution in [1.82, 2.24) is 0 Å². The van der Waals surface area contributed by atoms with Gasteiger partial charge >= 0.3 is 42.5 Å². The second-order valence-corrected chi connectivity index (χ2v) is 5.89. The molecule has 0 radical (unpaired) electrons. The van der Waals surface area contributed by atoms with Gasteiger partial charge < -0.3 is 24.7 Å². The molecule has 104 valence electrons. The smallest absolute Gasteiger partial charge is 0.341 e. The predicted molar refractivity (Wildman–Crippen MR) is 86.7 cm³/mol. The Hall–Kier alpha value is 1.39. The SMILES string of the molecule is C[C-](C)C.C[C-](C)C.C[C-](C)C.[CH2-]C(C)C.[Mg+2].[Zn+2]. The van der Waals surface area contributed by atoms with Gasteiger partial charge in [-0.1, -0.05) is 13.8 Å². The third kappa shape index (κ3) is 2420. The van der Waals surface area contributed by atoms with E-state index < -0.39 is 0 Å². The van der Waals surface area contributed by atoms with Gasteiger partial charge in [0.05, 0.1) is 0 Å². The molecule has 0 nitrogen and oxygen atoms in total. The van der Waals surface area contributed by atoms with Crippen molar-refractivity contribution in [2.45, 2.75) is 76.2 Å². The molecule has 2 heteroatoms. The summed E-state index contributed by atoms with van der Waals surface area (Å²) in [5.74, 6) is 4.83. The molecule has 0 aliphatic rings. The summed E-state index contributed by atoms with van der Waals surface area (Å²) in [6, 6.07) is 0. The standard InChI is InChI=1S/4C4H9.Mg.Zn/c4*1-4(2)3;;/h3*1-3H3;4H,1H2,2-3H3;;/q4*-1;2*+2. The Labute approximate surface area is 148 Å². The van der Waals surface area contributed by atoms with Crippen molar-refractivity contribution in [1.29, 1.82) is 0 Å². The molecule has 0 amide bonds. The molecule has 0 aromatic heterocycles. The molecular formula is C16H36MgZn. The molecule has 0 saturated carbocycles. The van der Waals surface area contributed by atoms with E-state index in [4.69, 9.17) is 0 Å². The molecule has 0 fully saturated rings. The van der Waals surface area contributed by atoms with Gasteiger partial charge in [0.2, 0.25) is 0 Å².